The van der Waals surface area contributed by atoms with Crippen LogP contribution in [0.4, 0.5) is 0 Å². The number of rotatable bonds is 8. The minimum absolute atomic E-state index is 0.0594. The molecule has 0 saturated carbocycles. The first-order valence-electron chi connectivity index (χ1n) is 7.74. The molecule has 1 rings (SSSR count). The van der Waals surface area contributed by atoms with Gasteiger partial charge in [0.15, 0.2) is 0 Å². The zero-order valence-corrected chi connectivity index (χ0v) is 14.1. The van der Waals surface area contributed by atoms with Gasteiger partial charge in [-0.2, -0.15) is 5.10 Å². The van der Waals surface area contributed by atoms with Crippen LogP contribution in [-0.2, 0) is 22.6 Å². The van der Waals surface area contributed by atoms with E-state index in [-0.39, 0.29) is 18.4 Å². The third-order valence-electron chi connectivity index (χ3n) is 3.56. The highest BCUT2D eigenvalue weighted by atomic mass is 16.4. The molecule has 1 amide bonds. The Morgan fingerprint density at radius 1 is 1.27 bits per heavy atom. The van der Waals surface area contributed by atoms with E-state index in [2.05, 4.69) is 24.3 Å². The van der Waals surface area contributed by atoms with Crippen molar-refractivity contribution in [3.8, 4) is 0 Å². The molecule has 2 N–H and O–H groups in total. The second kappa shape index (κ2) is 7.96. The SMILES string of the molecule is Cc1nn(CC(C)C)c(C)c1CCC(=O)NC(C)CC(=O)O. The second-order valence-corrected chi connectivity index (χ2v) is 6.29. The Hall–Kier alpha value is -1.85. The fourth-order valence-electron chi connectivity index (χ4n) is 2.52. The summed E-state index contributed by atoms with van der Waals surface area (Å²) in [6, 6.07) is -0.351. The Morgan fingerprint density at radius 2 is 1.91 bits per heavy atom. The molecule has 1 heterocycles. The molecule has 0 aliphatic heterocycles. The van der Waals surface area contributed by atoms with Crippen molar-refractivity contribution in [3.63, 3.8) is 0 Å². The molecule has 0 saturated heterocycles. The van der Waals surface area contributed by atoms with Gasteiger partial charge in [0.05, 0.1) is 12.1 Å². The quantitative estimate of drug-likeness (QED) is 0.770. The van der Waals surface area contributed by atoms with Crippen LogP contribution in [0.5, 0.6) is 0 Å². The molecule has 0 spiro atoms. The molecule has 0 radical (unpaired) electrons. The lowest BCUT2D eigenvalue weighted by molar-refractivity contribution is -0.137. The van der Waals surface area contributed by atoms with Gasteiger partial charge in [-0.25, -0.2) is 0 Å². The number of hydrogen-bond donors (Lipinski definition) is 2. The molecule has 6 nitrogen and oxygen atoms in total. The van der Waals surface area contributed by atoms with Crippen molar-refractivity contribution in [1.82, 2.24) is 15.1 Å². The van der Waals surface area contributed by atoms with Gasteiger partial charge in [0, 0.05) is 24.7 Å². The van der Waals surface area contributed by atoms with E-state index >= 15 is 0 Å². The Kier molecular flexibility index (Phi) is 6.59. The zero-order chi connectivity index (χ0) is 16.9. The summed E-state index contributed by atoms with van der Waals surface area (Å²) in [5.74, 6) is -0.510. The fourth-order valence-corrected chi connectivity index (χ4v) is 2.52. The molecule has 0 aliphatic rings. The molecule has 1 aromatic rings. The summed E-state index contributed by atoms with van der Waals surface area (Å²) >= 11 is 0. The van der Waals surface area contributed by atoms with E-state index < -0.39 is 5.97 Å². The molecule has 6 heteroatoms. The lowest BCUT2D eigenvalue weighted by Gasteiger charge is -2.11. The maximum absolute atomic E-state index is 11.9. The maximum atomic E-state index is 11.9. The fraction of sp³-hybridized carbons (Fsp3) is 0.688. The summed E-state index contributed by atoms with van der Waals surface area (Å²) in [5, 5.41) is 15.9. The first kappa shape index (κ1) is 18.2. The Morgan fingerprint density at radius 3 is 2.45 bits per heavy atom. The number of aromatic nitrogens is 2. The number of carboxylic acid groups (broad SMARTS) is 1. The predicted molar refractivity (Wildman–Crippen MR) is 84.7 cm³/mol. The minimum atomic E-state index is -0.908. The third kappa shape index (κ3) is 5.50. The number of carbonyl (C=O) groups is 2. The van der Waals surface area contributed by atoms with Crippen molar-refractivity contribution in [2.45, 2.75) is 66.5 Å². The highest BCUT2D eigenvalue weighted by molar-refractivity contribution is 5.77. The van der Waals surface area contributed by atoms with Crippen LogP contribution in [0, 0.1) is 19.8 Å². The summed E-state index contributed by atoms with van der Waals surface area (Å²) in [6.45, 7) is 10.9. The highest BCUT2D eigenvalue weighted by Crippen LogP contribution is 2.16. The number of aryl methyl sites for hydroxylation is 1. The van der Waals surface area contributed by atoms with Gasteiger partial charge < -0.3 is 10.4 Å². The second-order valence-electron chi connectivity index (χ2n) is 6.29. The third-order valence-corrected chi connectivity index (χ3v) is 3.56. The average molecular weight is 309 g/mol. The van der Waals surface area contributed by atoms with Crippen LogP contribution in [0.15, 0.2) is 0 Å². The number of carboxylic acids is 1. The smallest absolute Gasteiger partial charge is 0.305 e. The normalized spacial score (nSPS) is 12.5. The van der Waals surface area contributed by atoms with Crippen molar-refractivity contribution in [2.75, 3.05) is 0 Å². The van der Waals surface area contributed by atoms with Crippen LogP contribution in [0.1, 0.15) is 50.6 Å². The summed E-state index contributed by atoms with van der Waals surface area (Å²) in [5.41, 5.74) is 3.18. The van der Waals surface area contributed by atoms with E-state index in [1.54, 1.807) is 6.92 Å². The molecule has 1 unspecified atom stereocenters. The Bertz CT molecular complexity index is 535. The van der Waals surface area contributed by atoms with E-state index in [1.165, 1.54) is 0 Å². The Balaban J connectivity index is 2.59. The summed E-state index contributed by atoms with van der Waals surface area (Å²) in [7, 11) is 0. The van der Waals surface area contributed by atoms with Gasteiger partial charge >= 0.3 is 5.97 Å². The molecule has 0 bridgehead atoms. The lowest BCUT2D eigenvalue weighted by atomic mass is 10.1. The molecular weight excluding hydrogens is 282 g/mol. The van der Waals surface area contributed by atoms with E-state index in [9.17, 15) is 9.59 Å². The van der Waals surface area contributed by atoms with Crippen LogP contribution in [0.25, 0.3) is 0 Å². The molecule has 124 valence electrons. The van der Waals surface area contributed by atoms with Crippen molar-refractivity contribution >= 4 is 11.9 Å². The van der Waals surface area contributed by atoms with Gasteiger partial charge in [-0.15, -0.1) is 0 Å². The van der Waals surface area contributed by atoms with Gasteiger partial charge in [-0.05, 0) is 38.7 Å². The van der Waals surface area contributed by atoms with Crippen LogP contribution >= 0.6 is 0 Å². The van der Waals surface area contributed by atoms with E-state index in [1.807, 2.05) is 18.5 Å². The molecule has 0 fully saturated rings. The van der Waals surface area contributed by atoms with Gasteiger partial charge in [-0.1, -0.05) is 13.8 Å². The number of amides is 1. The Labute approximate surface area is 131 Å². The number of hydrogen-bond acceptors (Lipinski definition) is 3. The van der Waals surface area contributed by atoms with Crippen LogP contribution < -0.4 is 5.32 Å². The van der Waals surface area contributed by atoms with Crippen molar-refractivity contribution in [3.05, 3.63) is 17.0 Å². The first-order valence-corrected chi connectivity index (χ1v) is 7.74. The largest absolute Gasteiger partial charge is 0.481 e. The van der Waals surface area contributed by atoms with Gasteiger partial charge in [0.1, 0.15) is 0 Å². The molecule has 22 heavy (non-hydrogen) atoms. The van der Waals surface area contributed by atoms with Crippen LogP contribution in [-0.4, -0.2) is 32.8 Å². The predicted octanol–water partition coefficient (Wildman–Crippen LogP) is 2.07. The van der Waals surface area contributed by atoms with Crippen molar-refractivity contribution < 1.29 is 14.7 Å². The van der Waals surface area contributed by atoms with Gasteiger partial charge in [0.25, 0.3) is 0 Å². The molecular formula is C16H27N3O3. The molecule has 1 aromatic heterocycles. The number of nitrogens with zero attached hydrogens (tertiary/aromatic N) is 2. The number of carbonyl (C=O) groups excluding carboxylic acids is 1. The first-order chi connectivity index (χ1) is 10.2. The lowest BCUT2D eigenvalue weighted by Crippen LogP contribution is -2.34. The molecule has 0 aromatic carbocycles. The minimum Gasteiger partial charge on any atom is -0.481 e. The monoisotopic (exact) mass is 309 g/mol. The highest BCUT2D eigenvalue weighted by Gasteiger charge is 2.15. The summed E-state index contributed by atoms with van der Waals surface area (Å²) in [4.78, 5) is 22.5. The molecule has 0 aliphatic carbocycles. The summed E-state index contributed by atoms with van der Waals surface area (Å²) < 4.78 is 2.00. The van der Waals surface area contributed by atoms with E-state index in [0.717, 1.165) is 23.5 Å². The topological polar surface area (TPSA) is 84.2 Å². The average Bonchev–Trinajstić information content (AvgIpc) is 2.60. The number of aliphatic carboxylic acids is 1. The van der Waals surface area contributed by atoms with Crippen molar-refractivity contribution in [2.24, 2.45) is 5.92 Å². The molecule has 1 atom stereocenters. The van der Waals surface area contributed by atoms with E-state index in [0.29, 0.717) is 18.8 Å². The van der Waals surface area contributed by atoms with E-state index in [4.69, 9.17) is 5.11 Å². The maximum Gasteiger partial charge on any atom is 0.305 e. The standard InChI is InChI=1S/C16H27N3O3/c1-10(2)9-19-13(5)14(12(4)18-19)6-7-15(20)17-11(3)8-16(21)22/h10-11H,6-9H2,1-5H3,(H,17,20)(H,21,22). The summed E-state index contributed by atoms with van der Waals surface area (Å²) in [6.07, 6.45) is 0.913. The van der Waals surface area contributed by atoms with Crippen molar-refractivity contribution in [1.29, 1.82) is 0 Å². The zero-order valence-electron chi connectivity index (χ0n) is 14.1. The number of nitrogens with one attached hydrogen (secondary N) is 1. The van der Waals surface area contributed by atoms with Crippen LogP contribution in [0.2, 0.25) is 0 Å². The van der Waals surface area contributed by atoms with Gasteiger partial charge in [0.2, 0.25) is 5.91 Å². The van der Waals surface area contributed by atoms with Gasteiger partial charge in [-0.3, -0.25) is 14.3 Å². The van der Waals surface area contributed by atoms with Crippen LogP contribution in [0.3, 0.4) is 0 Å².